The van der Waals surface area contributed by atoms with Crippen molar-refractivity contribution in [3.8, 4) is 0 Å². The molecule has 294 valence electrons. The van der Waals surface area contributed by atoms with Crippen LogP contribution in [0.5, 0.6) is 0 Å². The van der Waals surface area contributed by atoms with Crippen molar-refractivity contribution < 1.29 is 105 Å². The number of Topliss-reactive ketones (excluding diaryl/α,β-unsaturated/α-hetero) is 1. The second-order valence-corrected chi connectivity index (χ2v) is 13.2. The van der Waals surface area contributed by atoms with Gasteiger partial charge in [0, 0.05) is 6.92 Å². The summed E-state index contributed by atoms with van der Waals surface area (Å²) in [7, 11) is 11.3. The quantitative estimate of drug-likeness (QED) is 0.0302. The van der Waals surface area contributed by atoms with Gasteiger partial charge in [-0.2, -0.15) is 0 Å². The van der Waals surface area contributed by atoms with Gasteiger partial charge in [0.05, 0.1) is 75.1 Å². The molecule has 0 aromatic heterocycles. The van der Waals surface area contributed by atoms with Gasteiger partial charge >= 0.3 is 60.0 Å². The van der Waals surface area contributed by atoms with E-state index in [1.54, 1.807) is 21.1 Å². The minimum absolute atomic E-state index is 0.0594. The summed E-state index contributed by atoms with van der Waals surface area (Å²) in [5.74, 6) is -16.9. The minimum Gasteiger partial charge on any atom is -0.481 e. The van der Waals surface area contributed by atoms with Gasteiger partial charge in [0.2, 0.25) is 17.0 Å². The van der Waals surface area contributed by atoms with Crippen molar-refractivity contribution in [1.29, 1.82) is 0 Å². The Morgan fingerprint density at radius 1 is 0.615 bits per heavy atom. The van der Waals surface area contributed by atoms with E-state index in [4.69, 9.17) is 23.7 Å². The van der Waals surface area contributed by atoms with Gasteiger partial charge in [-0.05, 0) is 0 Å². The average molecular weight is 755 g/mol. The molecule has 22 heteroatoms. The molecule has 22 nitrogen and oxygen atoms in total. The molecule has 0 aliphatic carbocycles. The zero-order valence-corrected chi connectivity index (χ0v) is 30.1. The summed E-state index contributed by atoms with van der Waals surface area (Å²) in [5.41, 5.74) is -6.39. The van der Waals surface area contributed by atoms with E-state index in [0.29, 0.717) is 18.0 Å². The van der Waals surface area contributed by atoms with Crippen LogP contribution in [0.3, 0.4) is 0 Å². The molecule has 0 amide bonds. The third kappa shape index (κ3) is 17.6. The number of esters is 6. The van der Waals surface area contributed by atoms with Gasteiger partial charge in [-0.1, -0.05) is 0 Å². The Morgan fingerprint density at radius 2 is 1.10 bits per heavy atom. The molecule has 0 radical (unpaired) electrons. The normalized spacial score (nSPS) is 14.2. The van der Waals surface area contributed by atoms with Gasteiger partial charge in [0.1, 0.15) is 26.3 Å². The summed E-state index contributed by atoms with van der Waals surface area (Å²) < 4.78 is 34.5. The zero-order chi connectivity index (χ0) is 40.7. The number of nitrogens with zero attached hydrogens (tertiary/aromatic N) is 2. The fourth-order valence-electron chi connectivity index (χ4n) is 3.58. The Balaban J connectivity index is 6.50. The Hall–Kier alpha value is -5.22. The number of carbonyl (C=O) groups is 10. The lowest BCUT2D eigenvalue weighted by molar-refractivity contribution is -0.870. The lowest BCUT2D eigenvalue weighted by atomic mass is 9.95. The van der Waals surface area contributed by atoms with Gasteiger partial charge in [-0.15, -0.1) is 0 Å². The predicted octanol–water partition coefficient (Wildman–Crippen LogP) is -2.49. The SMILES string of the molecule is COC(=O)CC(CC(=O)OCC(=O)OCC[N+](C)(C)C)(OC(=O)C(OCC[N+](C)(C)C)OC(=O)CC(CC(=O)O)(OC(=O)C(C)=O)C(=O)O)C(=O)O. The maximum atomic E-state index is 13.4. The molecule has 52 heavy (non-hydrogen) atoms. The maximum absolute atomic E-state index is 13.4. The molecule has 3 N–H and O–H groups in total. The number of carboxylic acid groups (broad SMARTS) is 3. The van der Waals surface area contributed by atoms with Crippen molar-refractivity contribution in [2.24, 2.45) is 0 Å². The standard InChI is InChI=1S/C30H44N2O20/c1-18(33)24(40)51-29(27(42)43,13-19(34)35)16-22(38)50-26(48-12-10-32(5,6)7)25(41)52-30(28(44)45,14-20(36)46-8)15-21(37)49-17-23(39)47-11-9-31(2,3)4/h26H,9-17H2,1-8H3,(H-2,34,35,42,43,44,45)/p+2. The molecule has 0 aromatic rings. The number of quaternary nitrogens is 2. The van der Waals surface area contributed by atoms with E-state index in [9.17, 15) is 63.3 Å². The first kappa shape index (κ1) is 46.8. The molecule has 0 aromatic carbocycles. The highest BCUT2D eigenvalue weighted by Gasteiger charge is 2.51. The number of likely N-dealkylation sites (N-methyl/N-ethyl adjacent to an activating group) is 2. The van der Waals surface area contributed by atoms with Crippen LogP contribution in [0.1, 0.15) is 32.6 Å². The first-order valence-electron chi connectivity index (χ1n) is 15.1. The molecule has 0 fully saturated rings. The van der Waals surface area contributed by atoms with Crippen molar-refractivity contribution in [2.75, 3.05) is 82.3 Å². The number of hydrogen-bond donors (Lipinski definition) is 3. The predicted molar refractivity (Wildman–Crippen MR) is 165 cm³/mol. The molecule has 0 heterocycles. The summed E-state index contributed by atoms with van der Waals surface area (Å²) in [4.78, 5) is 123. The molecule has 0 rings (SSSR count). The second-order valence-electron chi connectivity index (χ2n) is 13.2. The van der Waals surface area contributed by atoms with E-state index >= 15 is 0 Å². The summed E-state index contributed by atoms with van der Waals surface area (Å²) >= 11 is 0. The van der Waals surface area contributed by atoms with Gasteiger partial charge in [-0.25, -0.2) is 24.0 Å². The van der Waals surface area contributed by atoms with Gasteiger partial charge in [-0.3, -0.25) is 24.0 Å². The molecule has 0 aliphatic rings. The number of methoxy groups -OCH3 is 1. The second kappa shape index (κ2) is 20.0. The molecule has 3 atom stereocenters. The Morgan fingerprint density at radius 3 is 1.56 bits per heavy atom. The number of hydrogen-bond acceptors (Lipinski definition) is 17. The lowest BCUT2D eigenvalue weighted by Crippen LogP contribution is -2.51. The first-order chi connectivity index (χ1) is 23.7. The lowest BCUT2D eigenvalue weighted by Gasteiger charge is -2.30. The number of ether oxygens (including phenoxy) is 7. The van der Waals surface area contributed by atoms with E-state index in [0.717, 1.165) is 7.11 Å². The Bertz CT molecular complexity index is 1380. The van der Waals surface area contributed by atoms with Crippen LogP contribution < -0.4 is 0 Å². The van der Waals surface area contributed by atoms with Crippen LogP contribution in [0.25, 0.3) is 0 Å². The number of carbonyl (C=O) groups excluding carboxylic acids is 7. The third-order valence-corrected chi connectivity index (χ3v) is 6.44. The molecular weight excluding hydrogens is 708 g/mol. The summed E-state index contributed by atoms with van der Waals surface area (Å²) in [6.07, 6.45) is -8.53. The molecule has 3 unspecified atom stereocenters. The summed E-state index contributed by atoms with van der Waals surface area (Å²) in [6, 6.07) is 0. The van der Waals surface area contributed by atoms with Gasteiger partial charge < -0.3 is 57.4 Å². The summed E-state index contributed by atoms with van der Waals surface area (Å²) in [5, 5.41) is 29.0. The van der Waals surface area contributed by atoms with E-state index in [2.05, 4.69) is 9.47 Å². The molecule has 0 aliphatic heterocycles. The number of ketones is 1. The summed E-state index contributed by atoms with van der Waals surface area (Å²) in [6.45, 7) is -0.360. The molecule has 0 saturated carbocycles. The van der Waals surface area contributed by atoms with E-state index in [1.807, 2.05) is 21.1 Å². The van der Waals surface area contributed by atoms with Crippen molar-refractivity contribution in [1.82, 2.24) is 0 Å². The number of carboxylic acids is 3. The highest BCUT2D eigenvalue weighted by Crippen LogP contribution is 2.27. The molecule has 0 spiro atoms. The van der Waals surface area contributed by atoms with Gasteiger partial charge in [0.15, 0.2) is 6.61 Å². The van der Waals surface area contributed by atoms with E-state index in [-0.39, 0.29) is 17.6 Å². The fraction of sp³-hybridized carbons (Fsp3) is 0.667. The minimum atomic E-state index is -3.24. The monoisotopic (exact) mass is 754 g/mol. The van der Waals surface area contributed by atoms with Crippen LogP contribution in [0.15, 0.2) is 0 Å². The highest BCUT2D eigenvalue weighted by molar-refractivity contribution is 6.33. The zero-order valence-electron chi connectivity index (χ0n) is 30.1. The van der Waals surface area contributed by atoms with Crippen molar-refractivity contribution >= 4 is 59.5 Å². The highest BCUT2D eigenvalue weighted by atomic mass is 16.7. The van der Waals surface area contributed by atoms with Crippen LogP contribution in [-0.2, 0) is 81.1 Å². The Kier molecular flexibility index (Phi) is 18.0. The topological polar surface area (TPSA) is 296 Å². The fourth-order valence-corrected chi connectivity index (χ4v) is 3.58. The maximum Gasteiger partial charge on any atom is 0.377 e. The first-order valence-corrected chi connectivity index (χ1v) is 15.1. The van der Waals surface area contributed by atoms with Crippen molar-refractivity contribution in [2.45, 2.75) is 50.1 Å². The van der Waals surface area contributed by atoms with E-state index < -0.39 is 116 Å². The van der Waals surface area contributed by atoms with Crippen LogP contribution in [-0.4, -0.2) is 184 Å². The molecular formula is C30H46N2O20+2. The van der Waals surface area contributed by atoms with Crippen LogP contribution >= 0.6 is 0 Å². The van der Waals surface area contributed by atoms with E-state index in [1.165, 1.54) is 0 Å². The Labute approximate surface area is 297 Å². The van der Waals surface area contributed by atoms with Crippen LogP contribution in [0.2, 0.25) is 0 Å². The number of aliphatic carboxylic acids is 3. The van der Waals surface area contributed by atoms with Crippen LogP contribution in [0, 0.1) is 0 Å². The average Bonchev–Trinajstić information content (AvgIpc) is 2.97. The smallest absolute Gasteiger partial charge is 0.377 e. The molecule has 0 saturated heterocycles. The largest absolute Gasteiger partial charge is 0.481 e. The third-order valence-electron chi connectivity index (χ3n) is 6.44. The number of rotatable bonds is 24. The van der Waals surface area contributed by atoms with Crippen molar-refractivity contribution in [3.63, 3.8) is 0 Å². The van der Waals surface area contributed by atoms with Crippen LogP contribution in [0.4, 0.5) is 0 Å². The molecule has 0 bridgehead atoms. The van der Waals surface area contributed by atoms with Gasteiger partial charge in [0.25, 0.3) is 0 Å². The van der Waals surface area contributed by atoms with Crippen molar-refractivity contribution in [3.05, 3.63) is 0 Å².